The van der Waals surface area contributed by atoms with Crippen LogP contribution in [0.25, 0.3) is 11.4 Å². The monoisotopic (exact) mass is 473 g/mol. The molecular weight excluding hydrogens is 464 g/mol. The van der Waals surface area contributed by atoms with Gasteiger partial charge in [0.15, 0.2) is 5.82 Å². The van der Waals surface area contributed by atoms with E-state index >= 15 is 0 Å². The largest absolute Gasteiger partial charge is 0.248 e. The Bertz CT molecular complexity index is 771. The van der Waals surface area contributed by atoms with Crippen molar-refractivity contribution in [2.45, 2.75) is 6.54 Å². The van der Waals surface area contributed by atoms with Crippen LogP contribution in [0.2, 0.25) is 5.02 Å². The lowest BCUT2D eigenvalue weighted by molar-refractivity contribution is 0.687. The Hall–Kier alpha value is -0.920. The number of benzene rings is 2. The van der Waals surface area contributed by atoms with E-state index in [2.05, 4.69) is 48.6 Å². The lowest BCUT2D eigenvalue weighted by atomic mass is 10.2. The average molecular weight is 475 g/mol. The van der Waals surface area contributed by atoms with Crippen molar-refractivity contribution in [2.24, 2.45) is 0 Å². The first kappa shape index (κ1) is 15.0. The summed E-state index contributed by atoms with van der Waals surface area (Å²) in [6.07, 6.45) is 1.73. The molecule has 0 radical (unpaired) electrons. The van der Waals surface area contributed by atoms with Gasteiger partial charge in [-0.1, -0.05) is 45.7 Å². The van der Waals surface area contributed by atoms with Crippen LogP contribution >= 0.6 is 50.1 Å². The number of nitrogens with zero attached hydrogens (tertiary/aromatic N) is 3. The Kier molecular flexibility index (Phi) is 4.61. The van der Waals surface area contributed by atoms with Crippen molar-refractivity contribution in [3.05, 3.63) is 67.4 Å². The number of rotatable bonds is 3. The third-order valence-corrected chi connectivity index (χ3v) is 4.55. The number of hydrogen-bond acceptors (Lipinski definition) is 2. The van der Waals surface area contributed by atoms with Gasteiger partial charge in [-0.2, -0.15) is 5.10 Å². The van der Waals surface area contributed by atoms with Gasteiger partial charge in [0.1, 0.15) is 6.33 Å². The Labute approximate surface area is 149 Å². The molecule has 1 heterocycles. The van der Waals surface area contributed by atoms with Crippen LogP contribution in [-0.2, 0) is 6.54 Å². The van der Waals surface area contributed by atoms with E-state index in [0.29, 0.717) is 6.54 Å². The fraction of sp³-hybridized carbons (Fsp3) is 0.0667. The number of halogens is 3. The van der Waals surface area contributed by atoms with E-state index in [1.165, 1.54) is 3.57 Å². The maximum Gasteiger partial charge on any atom is 0.181 e. The van der Waals surface area contributed by atoms with E-state index < -0.39 is 0 Å². The molecular formula is C15H10BrClIN3. The van der Waals surface area contributed by atoms with E-state index in [1.54, 1.807) is 11.0 Å². The third-order valence-electron chi connectivity index (χ3n) is 2.99. The molecule has 0 unspecified atom stereocenters. The average Bonchev–Trinajstić information content (AvgIpc) is 2.91. The Morgan fingerprint density at radius 2 is 1.90 bits per heavy atom. The molecule has 3 rings (SSSR count). The molecule has 3 aromatic rings. The summed E-state index contributed by atoms with van der Waals surface area (Å²) in [4.78, 5) is 4.36. The van der Waals surface area contributed by atoms with Crippen molar-refractivity contribution >= 4 is 50.1 Å². The standard InChI is InChI=1S/C15H10BrClIN3/c16-12-4-1-11(14(17)7-12)8-21-9-19-15(20-21)10-2-5-13(18)6-3-10/h1-7,9H,8H2. The summed E-state index contributed by atoms with van der Waals surface area (Å²) in [5.74, 6) is 0.722. The SMILES string of the molecule is Clc1cc(Br)ccc1Cn1cnc(-c2ccc(I)cc2)n1. The first-order chi connectivity index (χ1) is 10.1. The van der Waals surface area contributed by atoms with Crippen molar-refractivity contribution in [1.82, 2.24) is 14.8 Å². The second-order valence-corrected chi connectivity index (χ2v) is 7.08. The van der Waals surface area contributed by atoms with Crippen LogP contribution in [0.5, 0.6) is 0 Å². The van der Waals surface area contributed by atoms with Crippen molar-refractivity contribution < 1.29 is 0 Å². The second-order valence-electron chi connectivity index (χ2n) is 4.51. The highest BCUT2D eigenvalue weighted by Gasteiger charge is 2.07. The quantitative estimate of drug-likeness (QED) is 0.500. The first-order valence-electron chi connectivity index (χ1n) is 6.21. The van der Waals surface area contributed by atoms with Gasteiger partial charge in [0.25, 0.3) is 0 Å². The Morgan fingerprint density at radius 3 is 2.62 bits per heavy atom. The van der Waals surface area contributed by atoms with Crippen LogP contribution in [0.15, 0.2) is 53.3 Å². The van der Waals surface area contributed by atoms with Crippen LogP contribution in [0.1, 0.15) is 5.56 Å². The molecule has 106 valence electrons. The fourth-order valence-corrected chi connectivity index (χ4v) is 3.02. The fourth-order valence-electron chi connectivity index (χ4n) is 1.93. The van der Waals surface area contributed by atoms with Crippen molar-refractivity contribution in [3.63, 3.8) is 0 Å². The molecule has 3 nitrogen and oxygen atoms in total. The van der Waals surface area contributed by atoms with Crippen LogP contribution in [0.4, 0.5) is 0 Å². The summed E-state index contributed by atoms with van der Waals surface area (Å²) in [7, 11) is 0. The molecule has 0 atom stereocenters. The zero-order valence-corrected chi connectivity index (χ0v) is 15.3. The molecule has 6 heteroatoms. The molecule has 1 aromatic heterocycles. The van der Waals surface area contributed by atoms with Crippen LogP contribution in [0.3, 0.4) is 0 Å². The van der Waals surface area contributed by atoms with Crippen molar-refractivity contribution in [3.8, 4) is 11.4 Å². The van der Waals surface area contributed by atoms with Gasteiger partial charge in [-0.05, 0) is 52.4 Å². The molecule has 0 aliphatic heterocycles. The molecule has 0 aliphatic carbocycles. The molecule has 0 saturated carbocycles. The maximum absolute atomic E-state index is 6.23. The minimum Gasteiger partial charge on any atom is -0.248 e. The molecule has 0 fully saturated rings. The third kappa shape index (κ3) is 3.64. The minimum absolute atomic E-state index is 0.601. The summed E-state index contributed by atoms with van der Waals surface area (Å²) in [6, 6.07) is 14.0. The number of hydrogen-bond donors (Lipinski definition) is 0. The predicted molar refractivity (Wildman–Crippen MR) is 96.4 cm³/mol. The van der Waals surface area contributed by atoms with Gasteiger partial charge >= 0.3 is 0 Å². The van der Waals surface area contributed by atoms with Crippen LogP contribution in [-0.4, -0.2) is 14.8 Å². The first-order valence-corrected chi connectivity index (χ1v) is 8.46. The summed E-state index contributed by atoms with van der Waals surface area (Å²) in [6.45, 7) is 0.601. The molecule has 0 aliphatic rings. The Balaban J connectivity index is 1.83. The van der Waals surface area contributed by atoms with Gasteiger partial charge in [0, 0.05) is 18.6 Å². The molecule has 21 heavy (non-hydrogen) atoms. The zero-order valence-electron chi connectivity index (χ0n) is 10.8. The molecule has 0 spiro atoms. The second kappa shape index (κ2) is 6.46. The van der Waals surface area contributed by atoms with Gasteiger partial charge in [0.2, 0.25) is 0 Å². The van der Waals surface area contributed by atoms with E-state index in [0.717, 1.165) is 26.4 Å². The summed E-state index contributed by atoms with van der Waals surface area (Å²) >= 11 is 11.9. The maximum atomic E-state index is 6.23. The highest BCUT2D eigenvalue weighted by Crippen LogP contribution is 2.22. The highest BCUT2D eigenvalue weighted by atomic mass is 127. The number of aromatic nitrogens is 3. The van der Waals surface area contributed by atoms with Gasteiger partial charge in [-0.15, -0.1) is 0 Å². The minimum atomic E-state index is 0.601. The van der Waals surface area contributed by atoms with E-state index in [4.69, 9.17) is 11.6 Å². The topological polar surface area (TPSA) is 30.7 Å². The molecule has 0 bridgehead atoms. The zero-order chi connectivity index (χ0) is 14.8. The van der Waals surface area contributed by atoms with Gasteiger partial charge in [-0.3, -0.25) is 0 Å². The van der Waals surface area contributed by atoms with Crippen LogP contribution in [0, 0.1) is 3.57 Å². The lowest BCUT2D eigenvalue weighted by Crippen LogP contribution is -2.01. The lowest BCUT2D eigenvalue weighted by Gasteiger charge is -2.04. The van der Waals surface area contributed by atoms with E-state index in [1.807, 2.05) is 42.5 Å². The van der Waals surface area contributed by atoms with E-state index in [-0.39, 0.29) is 0 Å². The van der Waals surface area contributed by atoms with Crippen LogP contribution < -0.4 is 0 Å². The molecule has 2 aromatic carbocycles. The summed E-state index contributed by atoms with van der Waals surface area (Å²) in [5, 5.41) is 5.22. The summed E-state index contributed by atoms with van der Waals surface area (Å²) < 4.78 is 3.95. The Morgan fingerprint density at radius 1 is 1.14 bits per heavy atom. The van der Waals surface area contributed by atoms with Gasteiger partial charge < -0.3 is 0 Å². The normalized spacial score (nSPS) is 10.8. The van der Waals surface area contributed by atoms with Crippen molar-refractivity contribution in [2.75, 3.05) is 0 Å². The predicted octanol–water partition coefficient (Wildman–Crippen LogP) is 5.01. The molecule has 0 amide bonds. The summed E-state index contributed by atoms with van der Waals surface area (Å²) in [5.41, 5.74) is 2.02. The smallest absolute Gasteiger partial charge is 0.181 e. The molecule has 0 saturated heterocycles. The van der Waals surface area contributed by atoms with Crippen molar-refractivity contribution in [1.29, 1.82) is 0 Å². The van der Waals surface area contributed by atoms with Gasteiger partial charge in [-0.25, -0.2) is 9.67 Å². The van der Waals surface area contributed by atoms with Gasteiger partial charge in [0.05, 0.1) is 6.54 Å². The molecule has 0 N–H and O–H groups in total. The highest BCUT2D eigenvalue weighted by molar-refractivity contribution is 14.1. The van der Waals surface area contributed by atoms with E-state index in [9.17, 15) is 0 Å².